The van der Waals surface area contributed by atoms with Gasteiger partial charge in [-0.2, -0.15) is 9.78 Å². The van der Waals surface area contributed by atoms with Gasteiger partial charge in [0.1, 0.15) is 12.4 Å². The van der Waals surface area contributed by atoms with Gasteiger partial charge in [0.2, 0.25) is 0 Å². The van der Waals surface area contributed by atoms with E-state index < -0.39 is 0 Å². The quantitative estimate of drug-likeness (QED) is 0.171. The molecule has 1 aromatic heterocycles. The average molecular weight is 718 g/mol. The first-order valence-electron chi connectivity index (χ1n) is 13.0. The molecule has 9 heteroatoms. The first-order chi connectivity index (χ1) is 18.9. The zero-order valence-electron chi connectivity index (χ0n) is 21.5. The van der Waals surface area contributed by atoms with E-state index in [1.54, 1.807) is 12.3 Å². The monoisotopic (exact) mass is 715 g/mol. The van der Waals surface area contributed by atoms with Gasteiger partial charge in [-0.15, -0.1) is 0 Å². The van der Waals surface area contributed by atoms with Crippen LogP contribution in [-0.2, 0) is 6.61 Å². The van der Waals surface area contributed by atoms with Crippen molar-refractivity contribution >= 4 is 64.9 Å². The van der Waals surface area contributed by atoms with Crippen LogP contribution in [0.25, 0.3) is 10.9 Å². The van der Waals surface area contributed by atoms with Crippen LogP contribution in [0.5, 0.6) is 11.5 Å². The molecular weight excluding hydrogens is 690 g/mol. The minimum Gasteiger partial charge on any atom is -0.490 e. The fourth-order valence-corrected chi connectivity index (χ4v) is 6.59. The van der Waals surface area contributed by atoms with Gasteiger partial charge in [0.05, 0.1) is 28.2 Å². The minimum atomic E-state index is -0.151. The summed E-state index contributed by atoms with van der Waals surface area (Å²) in [6.07, 6.45) is 7.22. The normalized spacial score (nSPS) is 14.3. The molecule has 0 radical (unpaired) electrons. The molecule has 202 valence electrons. The van der Waals surface area contributed by atoms with Gasteiger partial charge in [0, 0.05) is 20.4 Å². The molecule has 39 heavy (non-hydrogen) atoms. The highest BCUT2D eigenvalue weighted by Gasteiger charge is 2.22. The van der Waals surface area contributed by atoms with E-state index in [0.29, 0.717) is 30.1 Å². The molecule has 3 aromatic carbocycles. The van der Waals surface area contributed by atoms with Crippen LogP contribution in [0, 0.1) is 0 Å². The van der Waals surface area contributed by atoms with Crippen molar-refractivity contribution in [2.24, 2.45) is 5.10 Å². The van der Waals surface area contributed by atoms with Gasteiger partial charge in [0.25, 0.3) is 5.56 Å². The molecule has 1 aliphatic carbocycles. The molecule has 4 aromatic rings. The van der Waals surface area contributed by atoms with Crippen LogP contribution in [0.3, 0.4) is 0 Å². The number of hydrogen-bond donors (Lipinski definition) is 0. The molecule has 0 saturated heterocycles. The fraction of sp³-hybridized carbons (Fsp3) is 0.300. The fourth-order valence-electron chi connectivity index (χ4n) is 4.86. The maximum absolute atomic E-state index is 13.5. The van der Waals surface area contributed by atoms with E-state index in [9.17, 15) is 4.79 Å². The van der Waals surface area contributed by atoms with Crippen LogP contribution < -0.4 is 15.0 Å². The van der Waals surface area contributed by atoms with Crippen molar-refractivity contribution in [3.05, 3.63) is 95.3 Å². The summed E-state index contributed by atoms with van der Waals surface area (Å²) in [5.74, 6) is 2.15. The van der Waals surface area contributed by atoms with Gasteiger partial charge < -0.3 is 9.47 Å². The van der Waals surface area contributed by atoms with Crippen LogP contribution in [0.1, 0.15) is 61.9 Å². The summed E-state index contributed by atoms with van der Waals surface area (Å²) in [4.78, 5) is 18.4. The number of ether oxygens (including phenoxy) is 2. The Morgan fingerprint density at radius 2 is 1.79 bits per heavy atom. The highest BCUT2D eigenvalue weighted by atomic mass is 79.9. The van der Waals surface area contributed by atoms with E-state index in [-0.39, 0.29) is 11.5 Å². The predicted molar refractivity (Wildman–Crippen MR) is 166 cm³/mol. The highest BCUT2D eigenvalue weighted by Crippen LogP contribution is 2.38. The Morgan fingerprint density at radius 3 is 2.56 bits per heavy atom. The second-order valence-corrected chi connectivity index (χ2v) is 12.1. The molecule has 0 spiro atoms. The molecule has 6 nitrogen and oxygen atoms in total. The van der Waals surface area contributed by atoms with Gasteiger partial charge in [-0.3, -0.25) is 4.79 Å². The van der Waals surface area contributed by atoms with Gasteiger partial charge in [-0.25, -0.2) is 4.98 Å². The molecule has 1 saturated carbocycles. The summed E-state index contributed by atoms with van der Waals surface area (Å²) in [6, 6.07) is 17.2. The maximum Gasteiger partial charge on any atom is 0.282 e. The van der Waals surface area contributed by atoms with E-state index >= 15 is 0 Å². The molecule has 0 N–H and O–H groups in total. The van der Waals surface area contributed by atoms with Crippen molar-refractivity contribution < 1.29 is 9.47 Å². The van der Waals surface area contributed by atoms with Crippen molar-refractivity contribution in [2.75, 3.05) is 6.61 Å². The van der Waals surface area contributed by atoms with Crippen molar-refractivity contribution in [2.45, 2.75) is 51.6 Å². The Balaban J connectivity index is 1.49. The van der Waals surface area contributed by atoms with Gasteiger partial charge >= 0.3 is 0 Å². The summed E-state index contributed by atoms with van der Waals surface area (Å²) >= 11 is 10.7. The SMILES string of the molecule is CCOc1cc(C=Nn2c(C3CCCCC3)nc3ccccc3c2=O)cc(Br)c1OCc1ccc(Br)cc1Br. The van der Waals surface area contributed by atoms with Crippen LogP contribution in [0.2, 0.25) is 0 Å². The topological polar surface area (TPSA) is 65.7 Å². The predicted octanol–water partition coefficient (Wildman–Crippen LogP) is 8.59. The Hall–Kier alpha value is -2.49. The van der Waals surface area contributed by atoms with Crippen LogP contribution in [0.15, 0.2) is 77.9 Å². The lowest BCUT2D eigenvalue weighted by atomic mass is 9.88. The molecule has 5 rings (SSSR count). The van der Waals surface area contributed by atoms with Crippen molar-refractivity contribution in [1.29, 1.82) is 0 Å². The summed E-state index contributed by atoms with van der Waals surface area (Å²) in [7, 11) is 0. The second-order valence-electron chi connectivity index (χ2n) is 9.47. The number of aromatic nitrogens is 2. The van der Waals surface area contributed by atoms with E-state index in [4.69, 9.17) is 14.5 Å². The lowest BCUT2D eigenvalue weighted by Crippen LogP contribution is -2.25. The van der Waals surface area contributed by atoms with Gasteiger partial charge in [-0.1, -0.05) is 69.3 Å². The highest BCUT2D eigenvalue weighted by molar-refractivity contribution is 9.11. The third-order valence-electron chi connectivity index (χ3n) is 6.79. The number of benzene rings is 3. The number of hydrogen-bond acceptors (Lipinski definition) is 5. The van der Waals surface area contributed by atoms with Crippen molar-refractivity contribution in [1.82, 2.24) is 9.66 Å². The molecule has 0 unspecified atom stereocenters. The van der Waals surface area contributed by atoms with E-state index in [2.05, 4.69) is 52.9 Å². The van der Waals surface area contributed by atoms with E-state index in [1.807, 2.05) is 55.5 Å². The number of rotatable bonds is 8. The zero-order chi connectivity index (χ0) is 27.4. The summed E-state index contributed by atoms with van der Waals surface area (Å²) < 4.78 is 16.3. The van der Waals surface area contributed by atoms with E-state index in [1.165, 1.54) is 11.1 Å². The maximum atomic E-state index is 13.5. The largest absolute Gasteiger partial charge is 0.490 e. The summed E-state index contributed by atoms with van der Waals surface area (Å²) in [5, 5.41) is 5.24. The third kappa shape index (κ3) is 6.47. The molecule has 0 amide bonds. The third-order valence-corrected chi connectivity index (χ3v) is 8.61. The smallest absolute Gasteiger partial charge is 0.282 e. The first kappa shape index (κ1) is 28.1. The van der Waals surface area contributed by atoms with E-state index in [0.717, 1.165) is 61.6 Å². The number of fused-ring (bicyclic) bond motifs is 1. The summed E-state index contributed by atoms with van der Waals surface area (Å²) in [6.45, 7) is 2.77. The average Bonchev–Trinajstić information content (AvgIpc) is 2.93. The van der Waals surface area contributed by atoms with Crippen molar-refractivity contribution in [3.8, 4) is 11.5 Å². The molecule has 0 atom stereocenters. The Labute approximate surface area is 252 Å². The lowest BCUT2D eigenvalue weighted by Gasteiger charge is -2.22. The number of nitrogens with zero attached hydrogens (tertiary/aromatic N) is 3. The van der Waals surface area contributed by atoms with Gasteiger partial charge in [0.15, 0.2) is 11.5 Å². The number of para-hydroxylation sites is 1. The van der Waals surface area contributed by atoms with Crippen LogP contribution >= 0.6 is 47.8 Å². The zero-order valence-corrected chi connectivity index (χ0v) is 26.3. The standard InChI is InChI=1S/C30H28Br3N3O3/c1-2-38-27-15-19(14-25(33)28(27)39-18-21-12-13-22(31)16-24(21)32)17-34-36-29(20-8-4-3-5-9-20)35-26-11-7-6-10-23(26)30(36)37/h6-7,10-17,20H,2-5,8-9,18H2,1H3. The van der Waals surface area contributed by atoms with Crippen molar-refractivity contribution in [3.63, 3.8) is 0 Å². The summed E-state index contributed by atoms with van der Waals surface area (Å²) in [5.41, 5.74) is 2.35. The van der Waals surface area contributed by atoms with Crippen LogP contribution in [0.4, 0.5) is 0 Å². The Kier molecular flexibility index (Phi) is 9.20. The minimum absolute atomic E-state index is 0.151. The number of halogens is 3. The first-order valence-corrected chi connectivity index (χ1v) is 15.4. The molecule has 0 aliphatic heterocycles. The van der Waals surface area contributed by atoms with Gasteiger partial charge in [-0.05, 0) is 77.7 Å². The Bertz CT molecular complexity index is 1580. The lowest BCUT2D eigenvalue weighted by molar-refractivity contribution is 0.267. The molecule has 0 bridgehead atoms. The molecule has 1 heterocycles. The van der Waals surface area contributed by atoms with Crippen LogP contribution in [-0.4, -0.2) is 22.5 Å². The molecule has 1 aliphatic rings. The Morgan fingerprint density at radius 1 is 1.00 bits per heavy atom. The molecular formula is C30H28Br3N3O3. The second kappa shape index (κ2) is 12.8. The molecule has 1 fully saturated rings.